The van der Waals surface area contributed by atoms with E-state index < -0.39 is 0 Å². The van der Waals surface area contributed by atoms with Crippen LogP contribution in [0.25, 0.3) is 0 Å². The van der Waals surface area contributed by atoms with Gasteiger partial charge in [-0.05, 0) is 38.0 Å². The average molecular weight is 226 g/mol. The van der Waals surface area contributed by atoms with Gasteiger partial charge in [0.25, 0.3) is 0 Å². The van der Waals surface area contributed by atoms with Crippen molar-refractivity contribution in [2.24, 2.45) is 11.1 Å². The molecule has 1 heterocycles. The topological polar surface area (TPSA) is 46.3 Å². The van der Waals surface area contributed by atoms with Crippen LogP contribution in [0.4, 0.5) is 0 Å². The minimum atomic E-state index is 0.214. The van der Waals surface area contributed by atoms with E-state index in [1.807, 2.05) is 11.8 Å². The summed E-state index contributed by atoms with van der Waals surface area (Å²) in [5, 5.41) is 0. The largest absolute Gasteiger partial charge is 0.342 e. The second-order valence-corrected chi connectivity index (χ2v) is 5.95. The van der Waals surface area contributed by atoms with Crippen molar-refractivity contribution in [2.75, 3.05) is 13.1 Å². The zero-order chi connectivity index (χ0) is 12.2. The highest BCUT2D eigenvalue weighted by molar-refractivity contribution is 5.76. The molecular formula is C13H26N2O. The fourth-order valence-electron chi connectivity index (χ4n) is 2.37. The Morgan fingerprint density at radius 1 is 1.50 bits per heavy atom. The SMILES string of the molecule is CC(N)CCCC(=O)N1CCCC(C)(C)C1. The van der Waals surface area contributed by atoms with Gasteiger partial charge in [-0.2, -0.15) is 0 Å². The summed E-state index contributed by atoms with van der Waals surface area (Å²) in [6.07, 6.45) is 4.91. The van der Waals surface area contributed by atoms with E-state index in [0.29, 0.717) is 17.7 Å². The van der Waals surface area contributed by atoms with Crippen molar-refractivity contribution in [1.82, 2.24) is 4.90 Å². The van der Waals surface area contributed by atoms with Crippen LogP contribution in [-0.4, -0.2) is 29.9 Å². The lowest BCUT2D eigenvalue weighted by Crippen LogP contribution is -2.43. The molecule has 0 aromatic carbocycles. The Morgan fingerprint density at radius 3 is 2.75 bits per heavy atom. The van der Waals surface area contributed by atoms with E-state index in [9.17, 15) is 4.79 Å². The van der Waals surface area contributed by atoms with Crippen LogP contribution in [0.1, 0.15) is 52.9 Å². The predicted octanol–water partition coefficient (Wildman–Crippen LogP) is 2.15. The third-order valence-electron chi connectivity index (χ3n) is 3.30. The Labute approximate surface area is 99.4 Å². The molecule has 3 heteroatoms. The quantitative estimate of drug-likeness (QED) is 0.798. The minimum absolute atomic E-state index is 0.214. The molecule has 0 saturated carbocycles. The molecule has 1 saturated heterocycles. The zero-order valence-corrected chi connectivity index (χ0v) is 11.0. The molecular weight excluding hydrogens is 200 g/mol. The number of hydrogen-bond donors (Lipinski definition) is 1. The maximum absolute atomic E-state index is 12.0. The number of carbonyl (C=O) groups excluding carboxylic acids is 1. The highest BCUT2D eigenvalue weighted by Gasteiger charge is 2.28. The van der Waals surface area contributed by atoms with Gasteiger partial charge in [0.2, 0.25) is 5.91 Å². The molecule has 3 nitrogen and oxygen atoms in total. The molecule has 1 rings (SSSR count). The van der Waals surface area contributed by atoms with Crippen LogP contribution in [0, 0.1) is 5.41 Å². The normalized spacial score (nSPS) is 21.9. The van der Waals surface area contributed by atoms with Crippen molar-refractivity contribution < 1.29 is 4.79 Å². The Balaban J connectivity index is 2.31. The first-order valence-electron chi connectivity index (χ1n) is 6.44. The third kappa shape index (κ3) is 4.52. The Kier molecular flexibility index (Phi) is 4.78. The molecule has 0 aliphatic carbocycles. The van der Waals surface area contributed by atoms with Crippen molar-refractivity contribution in [2.45, 2.75) is 58.9 Å². The molecule has 1 amide bonds. The Hall–Kier alpha value is -0.570. The summed E-state index contributed by atoms with van der Waals surface area (Å²) in [5.74, 6) is 0.313. The van der Waals surface area contributed by atoms with Crippen LogP contribution in [0.5, 0.6) is 0 Å². The number of rotatable bonds is 4. The van der Waals surface area contributed by atoms with Crippen LogP contribution in [0.15, 0.2) is 0 Å². The van der Waals surface area contributed by atoms with Crippen molar-refractivity contribution in [3.05, 3.63) is 0 Å². The number of nitrogens with two attached hydrogens (primary N) is 1. The van der Waals surface area contributed by atoms with E-state index in [1.165, 1.54) is 6.42 Å². The summed E-state index contributed by atoms with van der Waals surface area (Å²) in [7, 11) is 0. The number of nitrogens with zero attached hydrogens (tertiary/aromatic N) is 1. The van der Waals surface area contributed by atoms with Gasteiger partial charge in [-0.15, -0.1) is 0 Å². The first-order valence-corrected chi connectivity index (χ1v) is 6.44. The summed E-state index contributed by atoms with van der Waals surface area (Å²) in [4.78, 5) is 14.0. The minimum Gasteiger partial charge on any atom is -0.342 e. The van der Waals surface area contributed by atoms with Crippen molar-refractivity contribution >= 4 is 5.91 Å². The standard InChI is InChI=1S/C13H26N2O/c1-11(14)6-4-7-12(16)15-9-5-8-13(2,3)10-15/h11H,4-10,14H2,1-3H3. The maximum atomic E-state index is 12.0. The van der Waals surface area contributed by atoms with Crippen molar-refractivity contribution in [3.8, 4) is 0 Å². The molecule has 1 aliphatic rings. The fourth-order valence-corrected chi connectivity index (χ4v) is 2.37. The number of amides is 1. The van der Waals surface area contributed by atoms with E-state index in [-0.39, 0.29) is 6.04 Å². The summed E-state index contributed by atoms with van der Waals surface area (Å²) in [5.41, 5.74) is 5.98. The molecule has 0 aromatic rings. The van der Waals surface area contributed by atoms with E-state index in [1.54, 1.807) is 0 Å². The van der Waals surface area contributed by atoms with Crippen molar-refractivity contribution in [1.29, 1.82) is 0 Å². The first-order chi connectivity index (χ1) is 7.41. The van der Waals surface area contributed by atoms with E-state index >= 15 is 0 Å². The number of carbonyl (C=O) groups is 1. The van der Waals surface area contributed by atoms with Gasteiger partial charge in [0, 0.05) is 25.6 Å². The summed E-state index contributed by atoms with van der Waals surface area (Å²) in [6.45, 7) is 8.35. The van der Waals surface area contributed by atoms with Gasteiger partial charge in [0.1, 0.15) is 0 Å². The predicted molar refractivity (Wildman–Crippen MR) is 67.1 cm³/mol. The summed E-state index contributed by atoms with van der Waals surface area (Å²) in [6, 6.07) is 0.214. The molecule has 1 unspecified atom stereocenters. The molecule has 0 radical (unpaired) electrons. The molecule has 0 spiro atoms. The average Bonchev–Trinajstić information content (AvgIpc) is 2.15. The molecule has 1 fully saturated rings. The Morgan fingerprint density at radius 2 is 2.19 bits per heavy atom. The molecule has 2 N–H and O–H groups in total. The van der Waals surface area contributed by atoms with Gasteiger partial charge in [0.15, 0.2) is 0 Å². The number of hydrogen-bond acceptors (Lipinski definition) is 2. The number of likely N-dealkylation sites (tertiary alicyclic amines) is 1. The van der Waals surface area contributed by atoms with E-state index in [2.05, 4.69) is 13.8 Å². The molecule has 0 aromatic heterocycles. The maximum Gasteiger partial charge on any atom is 0.222 e. The summed E-state index contributed by atoms with van der Waals surface area (Å²) < 4.78 is 0. The summed E-state index contributed by atoms with van der Waals surface area (Å²) >= 11 is 0. The monoisotopic (exact) mass is 226 g/mol. The van der Waals surface area contributed by atoms with Crippen LogP contribution in [-0.2, 0) is 4.79 Å². The molecule has 1 aliphatic heterocycles. The molecule has 1 atom stereocenters. The van der Waals surface area contributed by atoms with Gasteiger partial charge in [-0.25, -0.2) is 0 Å². The van der Waals surface area contributed by atoms with E-state index in [4.69, 9.17) is 5.73 Å². The van der Waals surface area contributed by atoms with Crippen LogP contribution in [0.3, 0.4) is 0 Å². The lowest BCUT2D eigenvalue weighted by atomic mass is 9.84. The zero-order valence-electron chi connectivity index (χ0n) is 11.0. The van der Waals surface area contributed by atoms with E-state index in [0.717, 1.165) is 32.4 Å². The lowest BCUT2D eigenvalue weighted by Gasteiger charge is -2.38. The van der Waals surface area contributed by atoms with Gasteiger partial charge < -0.3 is 10.6 Å². The third-order valence-corrected chi connectivity index (χ3v) is 3.30. The smallest absolute Gasteiger partial charge is 0.222 e. The fraction of sp³-hybridized carbons (Fsp3) is 0.923. The van der Waals surface area contributed by atoms with Crippen LogP contribution >= 0.6 is 0 Å². The van der Waals surface area contributed by atoms with Gasteiger partial charge in [-0.1, -0.05) is 13.8 Å². The second kappa shape index (κ2) is 5.67. The van der Waals surface area contributed by atoms with Gasteiger partial charge in [-0.3, -0.25) is 4.79 Å². The molecule has 94 valence electrons. The van der Waals surface area contributed by atoms with Gasteiger partial charge in [0.05, 0.1) is 0 Å². The Bertz CT molecular complexity index is 236. The number of piperidine rings is 1. The van der Waals surface area contributed by atoms with Crippen LogP contribution < -0.4 is 5.73 Å². The van der Waals surface area contributed by atoms with Crippen molar-refractivity contribution in [3.63, 3.8) is 0 Å². The highest BCUT2D eigenvalue weighted by Crippen LogP contribution is 2.28. The second-order valence-electron chi connectivity index (χ2n) is 5.95. The highest BCUT2D eigenvalue weighted by atomic mass is 16.2. The first kappa shape index (κ1) is 13.5. The lowest BCUT2D eigenvalue weighted by molar-refractivity contribution is -0.134. The van der Waals surface area contributed by atoms with Crippen LogP contribution in [0.2, 0.25) is 0 Å². The molecule has 0 bridgehead atoms. The van der Waals surface area contributed by atoms with Gasteiger partial charge >= 0.3 is 0 Å². The molecule has 16 heavy (non-hydrogen) atoms.